The fourth-order valence-electron chi connectivity index (χ4n) is 5.10. The van der Waals surface area contributed by atoms with Gasteiger partial charge in [-0.1, -0.05) is 43.6 Å². The summed E-state index contributed by atoms with van der Waals surface area (Å²) in [6.45, 7) is 6.88. The molecule has 0 amide bonds. The van der Waals surface area contributed by atoms with Crippen LogP contribution in [0.2, 0.25) is 5.02 Å². The van der Waals surface area contributed by atoms with Crippen LogP contribution in [0, 0.1) is 17.3 Å². The highest BCUT2D eigenvalue weighted by Crippen LogP contribution is 2.50. The molecule has 2 heterocycles. The van der Waals surface area contributed by atoms with E-state index in [4.69, 9.17) is 32.0 Å². The fraction of sp³-hybridized carbons (Fsp3) is 0.500. The van der Waals surface area contributed by atoms with Crippen LogP contribution < -0.4 is 5.73 Å². The Hall–Kier alpha value is -2.40. The molecule has 6 heteroatoms. The zero-order valence-electron chi connectivity index (χ0n) is 19.0. The molecule has 0 radical (unpaired) electrons. The molecule has 2 unspecified atom stereocenters. The molecule has 5 rings (SSSR count). The predicted octanol–water partition coefficient (Wildman–Crippen LogP) is 5.64. The molecule has 0 spiro atoms. The number of hydrogen-bond donors (Lipinski definition) is 1. The molecule has 0 saturated heterocycles. The van der Waals surface area contributed by atoms with Gasteiger partial charge >= 0.3 is 5.97 Å². The molecule has 2 N–H and O–H groups in total. The van der Waals surface area contributed by atoms with Gasteiger partial charge in [-0.15, -0.1) is 0 Å². The fourth-order valence-corrected chi connectivity index (χ4v) is 5.35. The number of carbonyl (C=O) groups is 1. The van der Waals surface area contributed by atoms with Crippen molar-refractivity contribution in [2.24, 2.45) is 22.2 Å². The van der Waals surface area contributed by atoms with E-state index in [1.807, 2.05) is 31.2 Å². The first-order valence-electron chi connectivity index (χ1n) is 11.5. The summed E-state index contributed by atoms with van der Waals surface area (Å²) in [6, 6.07) is 7.67. The average molecular weight is 452 g/mol. The van der Waals surface area contributed by atoms with Gasteiger partial charge in [-0.25, -0.2) is 9.98 Å². The van der Waals surface area contributed by atoms with Gasteiger partial charge in [-0.3, -0.25) is 4.79 Å². The topological polar surface area (TPSA) is 77.6 Å². The number of aryl methyl sites for hydroxylation is 1. The Kier molecular flexibility index (Phi) is 5.28. The van der Waals surface area contributed by atoms with Gasteiger partial charge in [0.2, 0.25) is 0 Å². The minimum Gasteiger partial charge on any atom is -0.465 e. The third-order valence-corrected chi connectivity index (χ3v) is 7.51. The Morgan fingerprint density at radius 3 is 2.75 bits per heavy atom. The van der Waals surface area contributed by atoms with Gasteiger partial charge in [0, 0.05) is 33.6 Å². The number of anilines is 1. The van der Waals surface area contributed by atoms with Crippen molar-refractivity contribution in [1.82, 2.24) is 4.98 Å². The number of aliphatic imine (C=N–C) groups is 1. The van der Waals surface area contributed by atoms with E-state index < -0.39 is 5.92 Å². The van der Waals surface area contributed by atoms with Crippen LogP contribution in [0.15, 0.2) is 29.3 Å². The number of halogens is 1. The number of esters is 1. The predicted molar refractivity (Wildman–Crippen MR) is 128 cm³/mol. The first-order valence-corrected chi connectivity index (χ1v) is 11.9. The van der Waals surface area contributed by atoms with Crippen LogP contribution in [-0.4, -0.2) is 23.3 Å². The Morgan fingerprint density at radius 2 is 2.03 bits per heavy atom. The summed E-state index contributed by atoms with van der Waals surface area (Å²) in [5, 5.41) is 0.607. The Balaban J connectivity index is 1.67. The van der Waals surface area contributed by atoms with Crippen LogP contribution in [-0.2, 0) is 22.4 Å². The van der Waals surface area contributed by atoms with Crippen molar-refractivity contribution in [3.05, 3.63) is 51.7 Å². The number of fused-ring (bicyclic) bond motifs is 2. The largest absolute Gasteiger partial charge is 0.465 e. The summed E-state index contributed by atoms with van der Waals surface area (Å²) in [4.78, 5) is 23.1. The molecule has 1 aromatic heterocycles. The van der Waals surface area contributed by atoms with E-state index in [2.05, 4.69) is 13.8 Å². The number of nitrogen functional groups attached to an aromatic ring is 1. The first-order chi connectivity index (χ1) is 15.2. The third kappa shape index (κ3) is 3.81. The lowest BCUT2D eigenvalue weighted by Crippen LogP contribution is -2.35. The summed E-state index contributed by atoms with van der Waals surface area (Å²) < 4.78 is 5.74. The first kappa shape index (κ1) is 21.4. The molecule has 2 aliphatic carbocycles. The maximum absolute atomic E-state index is 13.3. The second-order valence-electron chi connectivity index (χ2n) is 10.3. The van der Waals surface area contributed by atoms with Crippen LogP contribution in [0.4, 0.5) is 11.5 Å². The molecule has 2 atom stereocenters. The number of aromatic nitrogens is 1. The van der Waals surface area contributed by atoms with E-state index in [1.165, 1.54) is 0 Å². The number of hydrogen-bond acceptors (Lipinski definition) is 5. The third-order valence-electron chi connectivity index (χ3n) is 7.17. The Bertz CT molecular complexity index is 1120. The van der Waals surface area contributed by atoms with Gasteiger partial charge in [0.25, 0.3) is 0 Å². The summed E-state index contributed by atoms with van der Waals surface area (Å²) >= 11 is 6.67. The van der Waals surface area contributed by atoms with Crippen LogP contribution in [0.1, 0.15) is 68.3 Å². The number of carbonyl (C=O) groups excluding carboxylic acids is 1. The van der Waals surface area contributed by atoms with Crippen molar-refractivity contribution in [1.29, 1.82) is 0 Å². The van der Waals surface area contributed by atoms with Gasteiger partial charge in [0.05, 0.1) is 6.61 Å². The van der Waals surface area contributed by atoms with Gasteiger partial charge in [0.15, 0.2) is 5.82 Å². The van der Waals surface area contributed by atoms with E-state index >= 15 is 0 Å². The molecule has 2 aromatic rings. The minimum absolute atomic E-state index is 0.160. The molecule has 1 saturated carbocycles. The SMILES string of the molecule is CC1=Nc2nc3c(c(N)c2C(c2ccccc2Cl)C1C(=O)OCC1CC1)CC(C)(C)CC3. The highest BCUT2D eigenvalue weighted by atomic mass is 35.5. The number of nitrogens with zero attached hydrogens (tertiary/aromatic N) is 2. The molecule has 32 heavy (non-hydrogen) atoms. The summed E-state index contributed by atoms with van der Waals surface area (Å²) in [5.41, 5.74) is 12.2. The monoisotopic (exact) mass is 451 g/mol. The highest BCUT2D eigenvalue weighted by molar-refractivity contribution is 6.31. The second kappa shape index (κ2) is 7.87. The summed E-state index contributed by atoms with van der Waals surface area (Å²) in [7, 11) is 0. The average Bonchev–Trinajstić information content (AvgIpc) is 3.57. The number of nitrogens with two attached hydrogens (primary N) is 1. The van der Waals surface area contributed by atoms with Gasteiger partial charge in [-0.05, 0) is 67.6 Å². The van der Waals surface area contributed by atoms with Crippen LogP contribution >= 0.6 is 11.6 Å². The number of ether oxygens (including phenoxy) is 1. The van der Waals surface area contributed by atoms with E-state index in [9.17, 15) is 4.79 Å². The molecule has 0 bridgehead atoms. The van der Waals surface area contributed by atoms with E-state index in [1.54, 1.807) is 0 Å². The number of rotatable bonds is 4. The molecule has 3 aliphatic rings. The van der Waals surface area contributed by atoms with Crippen molar-refractivity contribution in [2.45, 2.75) is 58.8 Å². The molecule has 5 nitrogen and oxygen atoms in total. The summed E-state index contributed by atoms with van der Waals surface area (Å²) in [6.07, 6.45) is 5.07. The molecule has 1 aromatic carbocycles. The van der Waals surface area contributed by atoms with Crippen LogP contribution in [0.5, 0.6) is 0 Å². The van der Waals surface area contributed by atoms with Gasteiger partial charge in [-0.2, -0.15) is 0 Å². The molecule has 168 valence electrons. The lowest BCUT2D eigenvalue weighted by atomic mass is 9.72. The summed E-state index contributed by atoms with van der Waals surface area (Å²) in [5.74, 6) is -0.0850. The van der Waals surface area contributed by atoms with Gasteiger partial charge < -0.3 is 10.5 Å². The zero-order valence-corrected chi connectivity index (χ0v) is 19.7. The second-order valence-corrected chi connectivity index (χ2v) is 10.7. The number of benzene rings is 1. The zero-order chi connectivity index (χ0) is 22.6. The van der Waals surface area contributed by atoms with Crippen molar-refractivity contribution < 1.29 is 9.53 Å². The Morgan fingerprint density at radius 1 is 1.28 bits per heavy atom. The lowest BCUT2D eigenvalue weighted by molar-refractivity contribution is -0.147. The highest BCUT2D eigenvalue weighted by Gasteiger charge is 2.43. The Labute approximate surface area is 194 Å². The lowest BCUT2D eigenvalue weighted by Gasteiger charge is -2.36. The molecular weight excluding hydrogens is 422 g/mol. The smallest absolute Gasteiger partial charge is 0.315 e. The van der Waals surface area contributed by atoms with Crippen molar-refractivity contribution in [3.63, 3.8) is 0 Å². The van der Waals surface area contributed by atoms with E-state index in [-0.39, 0.29) is 17.3 Å². The molecule has 1 aliphatic heterocycles. The van der Waals surface area contributed by atoms with Crippen molar-refractivity contribution >= 4 is 34.8 Å². The standard InChI is InChI=1S/C26H30ClN3O2/c1-14-20(25(31)32-13-15-8-9-15)21(16-6-4-5-7-18(16)27)22-23(28)17-12-26(2,3)11-10-19(17)30-24(22)29-14/h4-7,15,20-21H,8-13H2,1-3H3,(H2,28,30). The molecular formula is C26H30ClN3O2. The van der Waals surface area contributed by atoms with Gasteiger partial charge in [0.1, 0.15) is 5.92 Å². The maximum Gasteiger partial charge on any atom is 0.315 e. The van der Waals surface area contributed by atoms with E-state index in [0.717, 1.165) is 54.5 Å². The quantitative estimate of drug-likeness (QED) is 0.610. The number of pyridine rings is 1. The van der Waals surface area contributed by atoms with Crippen molar-refractivity contribution in [2.75, 3.05) is 12.3 Å². The van der Waals surface area contributed by atoms with Crippen LogP contribution in [0.3, 0.4) is 0 Å². The molecule has 1 fully saturated rings. The minimum atomic E-state index is -0.570. The van der Waals surface area contributed by atoms with Crippen LogP contribution in [0.25, 0.3) is 0 Å². The van der Waals surface area contributed by atoms with E-state index in [0.29, 0.717) is 34.8 Å². The van der Waals surface area contributed by atoms with Crippen molar-refractivity contribution in [3.8, 4) is 0 Å². The normalized spacial score (nSPS) is 23.7. The maximum atomic E-state index is 13.3.